The molecule has 0 aromatic carbocycles. The first-order valence-corrected chi connectivity index (χ1v) is 7.72. The average molecular weight is 236 g/mol. The second-order valence-corrected chi connectivity index (χ2v) is 6.97. The standard InChI is InChI=1S/C15H28N2/c1-3-4-9(2)7-12(17-16)15-13-10-5-6-11(8-10)14(13)15/h9-15,17H,3-8,16H2,1-2H3. The molecule has 98 valence electrons. The maximum Gasteiger partial charge on any atom is 0.0247 e. The molecule has 3 saturated carbocycles. The van der Waals surface area contributed by atoms with Crippen LogP contribution in [0.1, 0.15) is 52.4 Å². The molecule has 3 N–H and O–H groups in total. The summed E-state index contributed by atoms with van der Waals surface area (Å²) in [6.07, 6.45) is 8.54. The highest BCUT2D eigenvalue weighted by Crippen LogP contribution is 2.70. The molecule has 3 fully saturated rings. The van der Waals surface area contributed by atoms with Crippen LogP contribution in [-0.2, 0) is 0 Å². The van der Waals surface area contributed by atoms with Crippen LogP contribution in [0.5, 0.6) is 0 Å². The lowest BCUT2D eigenvalue weighted by atomic mass is 9.90. The Balaban J connectivity index is 1.57. The maximum atomic E-state index is 5.82. The van der Waals surface area contributed by atoms with Gasteiger partial charge in [0.15, 0.2) is 0 Å². The molecule has 0 amide bonds. The molecular weight excluding hydrogens is 208 g/mol. The number of fused-ring (bicyclic) bond motifs is 5. The van der Waals surface area contributed by atoms with Crippen LogP contribution in [0, 0.1) is 35.5 Å². The topological polar surface area (TPSA) is 38.0 Å². The van der Waals surface area contributed by atoms with Crippen molar-refractivity contribution >= 4 is 0 Å². The molecule has 6 unspecified atom stereocenters. The van der Waals surface area contributed by atoms with Crippen molar-refractivity contribution in [3.8, 4) is 0 Å². The van der Waals surface area contributed by atoms with E-state index in [2.05, 4.69) is 19.3 Å². The number of hydrazine groups is 1. The molecule has 0 aromatic heterocycles. The summed E-state index contributed by atoms with van der Waals surface area (Å²) in [6.45, 7) is 4.67. The van der Waals surface area contributed by atoms with Crippen molar-refractivity contribution in [1.29, 1.82) is 0 Å². The zero-order valence-electron chi connectivity index (χ0n) is 11.4. The third-order valence-electron chi connectivity index (χ3n) is 5.91. The summed E-state index contributed by atoms with van der Waals surface area (Å²) in [5.41, 5.74) is 3.15. The van der Waals surface area contributed by atoms with Gasteiger partial charge in [0.1, 0.15) is 0 Å². The first-order chi connectivity index (χ1) is 8.26. The Morgan fingerprint density at radius 2 is 1.88 bits per heavy atom. The highest BCUT2D eigenvalue weighted by Gasteiger charge is 2.66. The molecule has 0 radical (unpaired) electrons. The first-order valence-electron chi connectivity index (χ1n) is 7.72. The number of nitrogens with one attached hydrogen (secondary N) is 1. The highest BCUT2D eigenvalue weighted by molar-refractivity contribution is 5.15. The minimum absolute atomic E-state index is 0.606. The van der Waals surface area contributed by atoms with Gasteiger partial charge < -0.3 is 0 Å². The maximum absolute atomic E-state index is 5.82. The lowest BCUT2D eigenvalue weighted by molar-refractivity contribution is 0.309. The van der Waals surface area contributed by atoms with E-state index >= 15 is 0 Å². The van der Waals surface area contributed by atoms with E-state index in [9.17, 15) is 0 Å². The fourth-order valence-corrected chi connectivity index (χ4v) is 5.31. The van der Waals surface area contributed by atoms with Crippen LogP contribution >= 0.6 is 0 Å². The van der Waals surface area contributed by atoms with Crippen LogP contribution in [0.2, 0.25) is 0 Å². The van der Waals surface area contributed by atoms with Gasteiger partial charge in [-0.05, 0) is 61.2 Å². The van der Waals surface area contributed by atoms with Gasteiger partial charge in [-0.2, -0.15) is 0 Å². The monoisotopic (exact) mass is 236 g/mol. The molecule has 0 aromatic rings. The molecule has 0 saturated heterocycles. The quantitative estimate of drug-likeness (QED) is 0.550. The van der Waals surface area contributed by atoms with Crippen LogP contribution in [0.3, 0.4) is 0 Å². The highest BCUT2D eigenvalue weighted by atomic mass is 15.2. The van der Waals surface area contributed by atoms with Gasteiger partial charge in [0.2, 0.25) is 0 Å². The molecule has 2 heteroatoms. The van der Waals surface area contributed by atoms with Crippen LogP contribution < -0.4 is 11.3 Å². The molecule has 0 heterocycles. The van der Waals surface area contributed by atoms with E-state index in [1.807, 2.05) is 0 Å². The second-order valence-electron chi connectivity index (χ2n) is 6.97. The molecule has 0 aliphatic heterocycles. The van der Waals surface area contributed by atoms with Crippen molar-refractivity contribution < 1.29 is 0 Å². The number of hydrogen-bond acceptors (Lipinski definition) is 2. The Morgan fingerprint density at radius 1 is 1.24 bits per heavy atom. The zero-order valence-corrected chi connectivity index (χ0v) is 11.4. The summed E-state index contributed by atoms with van der Waals surface area (Å²) < 4.78 is 0. The van der Waals surface area contributed by atoms with Crippen LogP contribution in [0.15, 0.2) is 0 Å². The van der Waals surface area contributed by atoms with Crippen molar-refractivity contribution in [3.63, 3.8) is 0 Å². The largest absolute Gasteiger partial charge is 0.271 e. The van der Waals surface area contributed by atoms with E-state index in [1.165, 1.54) is 32.1 Å². The molecule has 0 spiro atoms. The molecule has 3 rings (SSSR count). The predicted molar refractivity (Wildman–Crippen MR) is 71.1 cm³/mol. The Hall–Kier alpha value is -0.0800. The van der Waals surface area contributed by atoms with Crippen LogP contribution in [-0.4, -0.2) is 6.04 Å². The van der Waals surface area contributed by atoms with E-state index in [0.29, 0.717) is 6.04 Å². The summed E-state index contributed by atoms with van der Waals surface area (Å²) in [5, 5.41) is 0. The van der Waals surface area contributed by atoms with E-state index in [0.717, 1.165) is 35.5 Å². The fraction of sp³-hybridized carbons (Fsp3) is 1.00. The van der Waals surface area contributed by atoms with Crippen molar-refractivity contribution in [2.75, 3.05) is 0 Å². The first kappa shape index (κ1) is 12.0. The molecule has 3 aliphatic carbocycles. The van der Waals surface area contributed by atoms with Gasteiger partial charge in [0.25, 0.3) is 0 Å². The SMILES string of the molecule is CCCC(C)CC(NN)C1C2C3CCC(C3)C21. The van der Waals surface area contributed by atoms with E-state index in [-0.39, 0.29) is 0 Å². The summed E-state index contributed by atoms with van der Waals surface area (Å²) >= 11 is 0. The number of nitrogens with two attached hydrogens (primary N) is 1. The Bertz CT molecular complexity index is 262. The second kappa shape index (κ2) is 4.55. The Labute approximate surface area is 106 Å². The van der Waals surface area contributed by atoms with Gasteiger partial charge in [0, 0.05) is 6.04 Å². The van der Waals surface area contributed by atoms with Gasteiger partial charge in [-0.3, -0.25) is 11.3 Å². The van der Waals surface area contributed by atoms with Crippen molar-refractivity contribution in [3.05, 3.63) is 0 Å². The molecule has 6 atom stereocenters. The Morgan fingerprint density at radius 3 is 2.41 bits per heavy atom. The molecule has 2 bridgehead atoms. The molecule has 2 nitrogen and oxygen atoms in total. The van der Waals surface area contributed by atoms with Crippen LogP contribution in [0.25, 0.3) is 0 Å². The summed E-state index contributed by atoms with van der Waals surface area (Å²) in [6, 6.07) is 0.606. The van der Waals surface area contributed by atoms with Gasteiger partial charge in [-0.1, -0.05) is 26.7 Å². The number of hydrogen-bond donors (Lipinski definition) is 2. The summed E-state index contributed by atoms with van der Waals surface area (Å²) in [4.78, 5) is 0. The normalized spacial score (nSPS) is 45.7. The van der Waals surface area contributed by atoms with Crippen LogP contribution in [0.4, 0.5) is 0 Å². The lowest BCUT2D eigenvalue weighted by Crippen LogP contribution is -2.39. The minimum Gasteiger partial charge on any atom is -0.271 e. The van der Waals surface area contributed by atoms with E-state index in [4.69, 9.17) is 5.84 Å². The summed E-state index contributed by atoms with van der Waals surface area (Å²) in [5.74, 6) is 11.9. The molecule has 17 heavy (non-hydrogen) atoms. The van der Waals surface area contributed by atoms with Crippen molar-refractivity contribution in [2.24, 2.45) is 41.4 Å². The predicted octanol–water partition coefficient (Wildman–Crippen LogP) is 2.94. The number of rotatable bonds is 6. The molecule has 3 aliphatic rings. The van der Waals surface area contributed by atoms with Gasteiger partial charge in [-0.15, -0.1) is 0 Å². The van der Waals surface area contributed by atoms with Gasteiger partial charge in [-0.25, -0.2) is 0 Å². The third-order valence-corrected chi connectivity index (χ3v) is 5.91. The van der Waals surface area contributed by atoms with Gasteiger partial charge >= 0.3 is 0 Å². The summed E-state index contributed by atoms with van der Waals surface area (Å²) in [7, 11) is 0. The minimum atomic E-state index is 0.606. The van der Waals surface area contributed by atoms with Crippen molar-refractivity contribution in [2.45, 2.75) is 58.4 Å². The molecular formula is C15H28N2. The third kappa shape index (κ3) is 1.94. The zero-order chi connectivity index (χ0) is 12.0. The van der Waals surface area contributed by atoms with Crippen molar-refractivity contribution in [1.82, 2.24) is 5.43 Å². The average Bonchev–Trinajstić information content (AvgIpc) is 2.75. The Kier molecular flexibility index (Phi) is 3.20. The van der Waals surface area contributed by atoms with E-state index < -0.39 is 0 Å². The van der Waals surface area contributed by atoms with E-state index in [1.54, 1.807) is 6.42 Å². The lowest BCUT2D eigenvalue weighted by Gasteiger charge is -2.23. The smallest absolute Gasteiger partial charge is 0.0247 e. The fourth-order valence-electron chi connectivity index (χ4n) is 5.31. The van der Waals surface area contributed by atoms with Gasteiger partial charge in [0.05, 0.1) is 0 Å².